The molecule has 3 N–H and O–H groups in total. The molecule has 2 rings (SSSR count). The van der Waals surface area contributed by atoms with Crippen LogP contribution in [0.1, 0.15) is 49.7 Å². The monoisotopic (exact) mass is 252 g/mol. The highest BCUT2D eigenvalue weighted by Gasteiger charge is 2.25. The van der Waals surface area contributed by atoms with E-state index in [2.05, 4.69) is 14.8 Å². The van der Waals surface area contributed by atoms with Gasteiger partial charge in [-0.1, -0.05) is 0 Å². The van der Waals surface area contributed by atoms with E-state index in [1.165, 1.54) is 25.7 Å². The second kappa shape index (κ2) is 6.29. The van der Waals surface area contributed by atoms with Crippen LogP contribution in [0.15, 0.2) is 0 Å². The van der Waals surface area contributed by atoms with E-state index in [1.807, 2.05) is 6.92 Å². The molecule has 1 saturated carbocycles. The van der Waals surface area contributed by atoms with Crippen molar-refractivity contribution in [3.05, 3.63) is 11.6 Å². The lowest BCUT2D eigenvalue weighted by Gasteiger charge is -2.27. The van der Waals surface area contributed by atoms with Crippen molar-refractivity contribution < 1.29 is 5.11 Å². The third kappa shape index (κ3) is 2.90. The number of hydrogen-bond acceptors (Lipinski definition) is 4. The van der Waals surface area contributed by atoms with E-state index in [0.717, 1.165) is 31.2 Å². The van der Waals surface area contributed by atoms with Gasteiger partial charge in [0.1, 0.15) is 11.6 Å². The lowest BCUT2D eigenvalue weighted by molar-refractivity contribution is 0.275. The predicted molar refractivity (Wildman–Crippen MR) is 70.2 cm³/mol. The molecule has 18 heavy (non-hydrogen) atoms. The first-order valence-corrected chi connectivity index (χ1v) is 6.97. The first-order valence-electron chi connectivity index (χ1n) is 6.97. The highest BCUT2D eigenvalue weighted by atomic mass is 16.3. The molecule has 102 valence electrons. The number of nitrogens with zero attached hydrogens (tertiary/aromatic N) is 3. The maximum absolute atomic E-state index is 8.96. The minimum absolute atomic E-state index is 0.219. The second-order valence-electron chi connectivity index (χ2n) is 5.29. The molecule has 5 heteroatoms. The Morgan fingerprint density at radius 1 is 1.28 bits per heavy atom. The zero-order valence-electron chi connectivity index (χ0n) is 11.2. The summed E-state index contributed by atoms with van der Waals surface area (Å²) in [6.07, 6.45) is 5.50. The molecule has 1 aliphatic carbocycles. The van der Waals surface area contributed by atoms with Crippen LogP contribution < -0.4 is 5.73 Å². The summed E-state index contributed by atoms with van der Waals surface area (Å²) in [5, 5.41) is 17.5. The molecule has 1 aromatic heterocycles. The van der Waals surface area contributed by atoms with Crippen LogP contribution in [-0.2, 0) is 6.54 Å². The lowest BCUT2D eigenvalue weighted by atomic mass is 9.81. The summed E-state index contributed by atoms with van der Waals surface area (Å²) in [6, 6.07) is 0. The maximum Gasteiger partial charge on any atom is 0.136 e. The molecule has 1 aromatic rings. The molecule has 1 fully saturated rings. The van der Waals surface area contributed by atoms with Crippen molar-refractivity contribution in [2.45, 2.75) is 51.5 Å². The fourth-order valence-electron chi connectivity index (χ4n) is 2.86. The zero-order chi connectivity index (χ0) is 13.0. The summed E-state index contributed by atoms with van der Waals surface area (Å²) in [5.41, 5.74) is 5.73. The Morgan fingerprint density at radius 3 is 2.61 bits per heavy atom. The number of aromatic nitrogens is 3. The molecule has 0 aliphatic heterocycles. The summed E-state index contributed by atoms with van der Waals surface area (Å²) in [7, 11) is 0. The van der Waals surface area contributed by atoms with Gasteiger partial charge in [-0.2, -0.15) is 0 Å². The van der Waals surface area contributed by atoms with Crippen LogP contribution in [0.4, 0.5) is 0 Å². The number of aliphatic hydroxyl groups excluding tert-OH is 1. The summed E-state index contributed by atoms with van der Waals surface area (Å²) in [4.78, 5) is 0. The average molecular weight is 252 g/mol. The first kappa shape index (κ1) is 13.5. The highest BCUT2D eigenvalue weighted by Crippen LogP contribution is 2.34. The number of aryl methyl sites for hydroxylation is 1. The van der Waals surface area contributed by atoms with Gasteiger partial charge >= 0.3 is 0 Å². The Balaban J connectivity index is 2.04. The third-order valence-corrected chi connectivity index (χ3v) is 4.05. The van der Waals surface area contributed by atoms with Crippen LogP contribution in [0.3, 0.4) is 0 Å². The third-order valence-electron chi connectivity index (χ3n) is 4.05. The largest absolute Gasteiger partial charge is 0.396 e. The van der Waals surface area contributed by atoms with Crippen LogP contribution in [0.2, 0.25) is 0 Å². The van der Waals surface area contributed by atoms with Crippen molar-refractivity contribution in [1.82, 2.24) is 14.8 Å². The van der Waals surface area contributed by atoms with Gasteiger partial charge in [0.2, 0.25) is 0 Å². The van der Waals surface area contributed by atoms with Gasteiger partial charge in [0.15, 0.2) is 0 Å². The smallest absolute Gasteiger partial charge is 0.136 e. The standard InChI is InChI=1S/C13H24N4O/c1-10-15-16-13(17(10)7-2-8-18)12-5-3-11(9-14)4-6-12/h11-12,18H,2-9,14H2,1H3. The molecule has 1 aliphatic rings. The molecular weight excluding hydrogens is 228 g/mol. The number of nitrogens with two attached hydrogens (primary N) is 1. The summed E-state index contributed by atoms with van der Waals surface area (Å²) < 4.78 is 2.17. The van der Waals surface area contributed by atoms with Crippen molar-refractivity contribution in [3.8, 4) is 0 Å². The van der Waals surface area contributed by atoms with Crippen molar-refractivity contribution in [3.63, 3.8) is 0 Å². The van der Waals surface area contributed by atoms with Gasteiger partial charge in [-0.25, -0.2) is 0 Å². The molecule has 0 bridgehead atoms. The van der Waals surface area contributed by atoms with Crippen molar-refractivity contribution in [1.29, 1.82) is 0 Å². The summed E-state index contributed by atoms with van der Waals surface area (Å²) in [6.45, 7) is 3.83. The molecular formula is C13H24N4O. The Labute approximate surface area is 108 Å². The maximum atomic E-state index is 8.96. The SMILES string of the molecule is Cc1nnc(C2CCC(CN)CC2)n1CCCO. The molecule has 0 atom stereocenters. The number of rotatable bonds is 5. The molecule has 0 spiro atoms. The molecule has 0 unspecified atom stereocenters. The lowest BCUT2D eigenvalue weighted by Crippen LogP contribution is -2.22. The van der Waals surface area contributed by atoms with Crippen molar-refractivity contribution in [2.24, 2.45) is 11.7 Å². The predicted octanol–water partition coefficient (Wildman–Crippen LogP) is 1.20. The highest BCUT2D eigenvalue weighted by molar-refractivity contribution is 5.03. The van der Waals surface area contributed by atoms with Crippen LogP contribution in [0, 0.1) is 12.8 Å². The zero-order valence-corrected chi connectivity index (χ0v) is 11.2. The van der Waals surface area contributed by atoms with E-state index in [-0.39, 0.29) is 6.61 Å². The fourth-order valence-corrected chi connectivity index (χ4v) is 2.86. The quantitative estimate of drug-likeness (QED) is 0.825. The van der Waals surface area contributed by atoms with Crippen LogP contribution in [0.5, 0.6) is 0 Å². The topological polar surface area (TPSA) is 77.0 Å². The Kier molecular flexibility index (Phi) is 4.72. The number of hydrogen-bond donors (Lipinski definition) is 2. The van der Waals surface area contributed by atoms with Crippen LogP contribution in [0.25, 0.3) is 0 Å². The summed E-state index contributed by atoms with van der Waals surface area (Å²) >= 11 is 0. The minimum Gasteiger partial charge on any atom is -0.396 e. The van der Waals surface area contributed by atoms with Crippen molar-refractivity contribution >= 4 is 0 Å². The van der Waals surface area contributed by atoms with E-state index in [1.54, 1.807) is 0 Å². The van der Waals surface area contributed by atoms with Gasteiger partial charge in [-0.05, 0) is 51.5 Å². The van der Waals surface area contributed by atoms with Gasteiger partial charge in [-0.3, -0.25) is 0 Å². The molecule has 0 saturated heterocycles. The fraction of sp³-hybridized carbons (Fsp3) is 0.846. The second-order valence-corrected chi connectivity index (χ2v) is 5.29. The number of aliphatic hydroxyl groups is 1. The Hall–Kier alpha value is -0.940. The molecule has 0 aromatic carbocycles. The summed E-state index contributed by atoms with van der Waals surface area (Å²) in [5.74, 6) is 3.28. The van der Waals surface area contributed by atoms with Gasteiger partial charge in [0, 0.05) is 19.1 Å². The van der Waals surface area contributed by atoms with Crippen LogP contribution >= 0.6 is 0 Å². The Morgan fingerprint density at radius 2 is 2.00 bits per heavy atom. The molecule has 1 heterocycles. The van der Waals surface area contributed by atoms with Crippen molar-refractivity contribution in [2.75, 3.05) is 13.2 Å². The van der Waals surface area contributed by atoms with E-state index in [0.29, 0.717) is 11.8 Å². The molecule has 0 radical (unpaired) electrons. The minimum atomic E-state index is 0.219. The Bertz CT molecular complexity index is 369. The van der Waals surface area contributed by atoms with E-state index in [9.17, 15) is 0 Å². The normalized spacial score (nSPS) is 24.4. The molecule has 5 nitrogen and oxygen atoms in total. The van der Waals surface area contributed by atoms with E-state index >= 15 is 0 Å². The van der Waals surface area contributed by atoms with E-state index < -0.39 is 0 Å². The molecule has 0 amide bonds. The average Bonchev–Trinajstić information content (AvgIpc) is 2.78. The first-order chi connectivity index (χ1) is 8.76. The van der Waals surface area contributed by atoms with Gasteiger partial charge in [0.25, 0.3) is 0 Å². The van der Waals surface area contributed by atoms with E-state index in [4.69, 9.17) is 10.8 Å². The van der Waals surface area contributed by atoms with Gasteiger partial charge < -0.3 is 15.4 Å². The van der Waals surface area contributed by atoms with Gasteiger partial charge in [-0.15, -0.1) is 10.2 Å². The van der Waals surface area contributed by atoms with Crippen LogP contribution in [-0.4, -0.2) is 33.0 Å². The van der Waals surface area contributed by atoms with Gasteiger partial charge in [0.05, 0.1) is 0 Å².